The Morgan fingerprint density at radius 2 is 1.52 bits per heavy atom. The first-order valence-electron chi connectivity index (χ1n) is 11.7. The topological polar surface area (TPSA) is 9.23 Å². The molecule has 0 amide bonds. The van der Waals surface area contributed by atoms with Crippen LogP contribution in [0.3, 0.4) is 0 Å². The van der Waals surface area contributed by atoms with E-state index in [0.29, 0.717) is 12.5 Å². The number of unbranched alkanes of at least 4 members (excludes halogenated alkanes) is 3. The monoisotopic (exact) mass is 390 g/mol. The van der Waals surface area contributed by atoms with Crippen LogP contribution < -0.4 is 0 Å². The third-order valence-electron chi connectivity index (χ3n) is 6.42. The molecular formula is C28H38O. The SMILES string of the molecule is C=CCOCC1CCC(c2ccc(-c3ccc(CCCCCC)cc3)cc2)CC1. The summed E-state index contributed by atoms with van der Waals surface area (Å²) >= 11 is 0. The van der Waals surface area contributed by atoms with E-state index >= 15 is 0 Å². The van der Waals surface area contributed by atoms with E-state index in [0.717, 1.165) is 12.5 Å². The molecule has 0 atom stereocenters. The lowest BCUT2D eigenvalue weighted by molar-refractivity contribution is 0.102. The molecular weight excluding hydrogens is 352 g/mol. The van der Waals surface area contributed by atoms with Crippen molar-refractivity contribution in [3.63, 3.8) is 0 Å². The lowest BCUT2D eigenvalue weighted by atomic mass is 9.79. The second kappa shape index (κ2) is 12.0. The summed E-state index contributed by atoms with van der Waals surface area (Å²) < 4.78 is 5.65. The van der Waals surface area contributed by atoms with Crippen molar-refractivity contribution in [2.45, 2.75) is 70.6 Å². The van der Waals surface area contributed by atoms with E-state index in [1.807, 2.05) is 6.08 Å². The smallest absolute Gasteiger partial charge is 0.0644 e. The van der Waals surface area contributed by atoms with E-state index in [2.05, 4.69) is 62.0 Å². The van der Waals surface area contributed by atoms with Gasteiger partial charge in [-0.1, -0.05) is 80.8 Å². The van der Waals surface area contributed by atoms with Gasteiger partial charge >= 0.3 is 0 Å². The summed E-state index contributed by atoms with van der Waals surface area (Å²) in [6, 6.07) is 18.5. The van der Waals surface area contributed by atoms with Crippen molar-refractivity contribution in [2.24, 2.45) is 5.92 Å². The molecule has 0 spiro atoms. The fourth-order valence-electron chi connectivity index (χ4n) is 4.55. The Morgan fingerprint density at radius 3 is 2.14 bits per heavy atom. The summed E-state index contributed by atoms with van der Waals surface area (Å²) in [6.07, 6.45) is 13.5. The molecule has 0 bridgehead atoms. The molecule has 2 aromatic carbocycles. The summed E-state index contributed by atoms with van der Waals surface area (Å²) in [5, 5.41) is 0. The molecule has 0 aromatic heterocycles. The van der Waals surface area contributed by atoms with Gasteiger partial charge in [-0.3, -0.25) is 0 Å². The molecule has 0 saturated heterocycles. The van der Waals surface area contributed by atoms with E-state index in [-0.39, 0.29) is 0 Å². The van der Waals surface area contributed by atoms with E-state index in [1.165, 1.54) is 80.0 Å². The molecule has 1 nitrogen and oxygen atoms in total. The van der Waals surface area contributed by atoms with Gasteiger partial charge in [-0.25, -0.2) is 0 Å². The maximum Gasteiger partial charge on any atom is 0.0644 e. The Labute approximate surface area is 178 Å². The van der Waals surface area contributed by atoms with Crippen LogP contribution in [-0.2, 0) is 11.2 Å². The van der Waals surface area contributed by atoms with E-state index in [4.69, 9.17) is 4.74 Å². The van der Waals surface area contributed by atoms with E-state index in [1.54, 1.807) is 0 Å². The summed E-state index contributed by atoms with van der Waals surface area (Å²) in [5.41, 5.74) is 5.64. The number of aryl methyl sites for hydroxylation is 1. The number of ether oxygens (including phenoxy) is 1. The summed E-state index contributed by atoms with van der Waals surface area (Å²) in [6.45, 7) is 7.57. The Morgan fingerprint density at radius 1 is 0.862 bits per heavy atom. The summed E-state index contributed by atoms with van der Waals surface area (Å²) in [4.78, 5) is 0. The summed E-state index contributed by atoms with van der Waals surface area (Å²) in [7, 11) is 0. The molecule has 0 N–H and O–H groups in total. The molecule has 0 radical (unpaired) electrons. The Bertz CT molecular complexity index is 705. The number of hydrogen-bond acceptors (Lipinski definition) is 1. The first-order chi connectivity index (χ1) is 14.3. The van der Waals surface area contributed by atoms with Crippen LogP contribution in [0, 0.1) is 5.92 Å². The minimum absolute atomic E-state index is 0.682. The lowest BCUT2D eigenvalue weighted by Gasteiger charge is -2.28. The molecule has 0 heterocycles. The maximum atomic E-state index is 5.65. The van der Waals surface area contributed by atoms with Crippen LogP contribution in [0.1, 0.15) is 75.3 Å². The minimum atomic E-state index is 0.682. The summed E-state index contributed by atoms with van der Waals surface area (Å²) in [5.74, 6) is 1.44. The van der Waals surface area contributed by atoms with Crippen molar-refractivity contribution in [3.05, 3.63) is 72.3 Å². The molecule has 0 unspecified atom stereocenters. The predicted molar refractivity (Wildman–Crippen MR) is 125 cm³/mol. The van der Waals surface area contributed by atoms with Crippen molar-refractivity contribution >= 4 is 0 Å². The Kier molecular flexibility index (Phi) is 9.02. The molecule has 0 aliphatic heterocycles. The highest BCUT2D eigenvalue weighted by Gasteiger charge is 2.22. The van der Waals surface area contributed by atoms with Gasteiger partial charge in [0.1, 0.15) is 0 Å². The third-order valence-corrected chi connectivity index (χ3v) is 6.42. The van der Waals surface area contributed by atoms with Gasteiger partial charge in [0, 0.05) is 6.61 Å². The third kappa shape index (κ3) is 6.85. The molecule has 1 saturated carbocycles. The van der Waals surface area contributed by atoms with E-state index in [9.17, 15) is 0 Å². The number of rotatable bonds is 11. The number of hydrogen-bond donors (Lipinski definition) is 0. The Balaban J connectivity index is 1.49. The second-order valence-electron chi connectivity index (χ2n) is 8.67. The van der Waals surface area contributed by atoms with Crippen LogP contribution in [0.4, 0.5) is 0 Å². The Hall–Kier alpha value is -1.86. The molecule has 1 aliphatic rings. The van der Waals surface area contributed by atoms with Gasteiger partial charge < -0.3 is 4.74 Å². The van der Waals surface area contributed by atoms with Crippen LogP contribution >= 0.6 is 0 Å². The average molecular weight is 391 g/mol. The normalized spacial score (nSPS) is 19.2. The fourth-order valence-corrected chi connectivity index (χ4v) is 4.55. The van der Waals surface area contributed by atoms with Gasteiger partial charge in [0.25, 0.3) is 0 Å². The van der Waals surface area contributed by atoms with Gasteiger partial charge in [-0.2, -0.15) is 0 Å². The van der Waals surface area contributed by atoms with Gasteiger partial charge in [0.2, 0.25) is 0 Å². The second-order valence-corrected chi connectivity index (χ2v) is 8.67. The minimum Gasteiger partial charge on any atom is -0.377 e. The van der Waals surface area contributed by atoms with Gasteiger partial charge in [-0.15, -0.1) is 6.58 Å². The van der Waals surface area contributed by atoms with Crippen molar-refractivity contribution in [2.75, 3.05) is 13.2 Å². The highest BCUT2D eigenvalue weighted by molar-refractivity contribution is 5.64. The zero-order chi connectivity index (χ0) is 20.3. The molecule has 2 aromatic rings. The van der Waals surface area contributed by atoms with Crippen molar-refractivity contribution in [3.8, 4) is 11.1 Å². The zero-order valence-electron chi connectivity index (χ0n) is 18.2. The van der Waals surface area contributed by atoms with E-state index < -0.39 is 0 Å². The number of benzene rings is 2. The van der Waals surface area contributed by atoms with Crippen LogP contribution in [0.25, 0.3) is 11.1 Å². The molecule has 1 heteroatoms. The zero-order valence-corrected chi connectivity index (χ0v) is 18.2. The van der Waals surface area contributed by atoms with Crippen molar-refractivity contribution < 1.29 is 4.74 Å². The lowest BCUT2D eigenvalue weighted by Crippen LogP contribution is -2.18. The molecule has 1 aliphatic carbocycles. The van der Waals surface area contributed by atoms with Crippen LogP contribution in [0.5, 0.6) is 0 Å². The quantitative estimate of drug-likeness (QED) is 0.279. The average Bonchev–Trinajstić information content (AvgIpc) is 2.78. The van der Waals surface area contributed by atoms with Crippen molar-refractivity contribution in [1.82, 2.24) is 0 Å². The highest BCUT2D eigenvalue weighted by Crippen LogP contribution is 2.36. The van der Waals surface area contributed by atoms with Crippen LogP contribution in [0.15, 0.2) is 61.2 Å². The molecule has 1 fully saturated rings. The van der Waals surface area contributed by atoms with Gasteiger partial charge in [0.05, 0.1) is 6.61 Å². The van der Waals surface area contributed by atoms with Crippen molar-refractivity contribution in [1.29, 1.82) is 0 Å². The van der Waals surface area contributed by atoms with Gasteiger partial charge in [-0.05, 0) is 72.6 Å². The highest BCUT2D eigenvalue weighted by atomic mass is 16.5. The molecule has 29 heavy (non-hydrogen) atoms. The first kappa shape index (κ1) is 21.8. The molecule has 3 rings (SSSR count). The van der Waals surface area contributed by atoms with Gasteiger partial charge in [0.15, 0.2) is 0 Å². The fraction of sp³-hybridized carbons (Fsp3) is 0.500. The molecule has 156 valence electrons. The van der Waals surface area contributed by atoms with Crippen LogP contribution in [0.2, 0.25) is 0 Å². The largest absolute Gasteiger partial charge is 0.377 e. The van der Waals surface area contributed by atoms with Crippen LogP contribution in [-0.4, -0.2) is 13.2 Å². The maximum absolute atomic E-state index is 5.65. The standard InChI is InChI=1S/C28H38O/c1-3-5-6-7-8-23-9-13-25(14-10-23)27-17-19-28(20-18-27)26-15-11-24(12-16-26)22-29-21-4-2/h4,9-10,13-14,17-20,24,26H,2-3,5-8,11-12,15-16,21-22H2,1H3. The first-order valence-corrected chi connectivity index (χ1v) is 11.7. The predicted octanol–water partition coefficient (Wildman–Crippen LogP) is 7.95.